The van der Waals surface area contributed by atoms with Crippen LogP contribution in [0.25, 0.3) is 0 Å². The van der Waals surface area contributed by atoms with Gasteiger partial charge < -0.3 is 109 Å². The van der Waals surface area contributed by atoms with Crippen molar-refractivity contribution in [3.05, 3.63) is 0 Å². The zero-order valence-electron chi connectivity index (χ0n) is 27.3. The molecule has 0 aromatic carbocycles. The first-order valence-electron chi connectivity index (χ1n) is 16.0. The van der Waals surface area contributed by atoms with Gasteiger partial charge in [0.15, 0.2) is 25.0 Å². The molecule has 4 saturated heterocycles. The van der Waals surface area contributed by atoms with Crippen molar-refractivity contribution in [2.24, 2.45) is 0 Å². The summed E-state index contributed by atoms with van der Waals surface area (Å²) in [5.41, 5.74) is 0. The minimum absolute atomic E-state index is 0.830. The number of ether oxygens (including phenoxy) is 8. The highest BCUT2D eigenvalue weighted by Gasteiger charge is 2.60. The second-order valence-electron chi connectivity index (χ2n) is 12.7. The maximum Gasteiger partial charge on any atom is 0.364 e. The minimum Gasteiger partial charge on any atom is -0.477 e. The van der Waals surface area contributed by atoms with Crippen molar-refractivity contribution in [1.82, 2.24) is 0 Å². The number of aliphatic hydroxyl groups is 13. The molecule has 52 heavy (non-hydrogen) atoms. The van der Waals surface area contributed by atoms with E-state index in [2.05, 4.69) is 0 Å². The molecule has 4 rings (SSSR count). The molecule has 0 aromatic rings. The van der Waals surface area contributed by atoms with E-state index >= 15 is 0 Å². The molecule has 24 nitrogen and oxygen atoms in total. The summed E-state index contributed by atoms with van der Waals surface area (Å²) in [5.74, 6) is -6.15. The molecule has 24 heteroatoms. The summed E-state index contributed by atoms with van der Waals surface area (Å²) in [4.78, 5) is 24.9. The van der Waals surface area contributed by atoms with E-state index in [0.717, 1.165) is 6.92 Å². The van der Waals surface area contributed by atoms with E-state index in [1.165, 1.54) is 0 Å². The highest BCUT2D eigenvalue weighted by Crippen LogP contribution is 2.39. The molecule has 4 heterocycles. The molecule has 0 bridgehead atoms. The molecule has 0 aliphatic carbocycles. The van der Waals surface area contributed by atoms with Gasteiger partial charge in [-0.05, 0) is 0 Å². The normalized spacial score (nSPS) is 47.8. The second-order valence-corrected chi connectivity index (χ2v) is 12.7. The van der Waals surface area contributed by atoms with Crippen LogP contribution in [-0.2, 0) is 47.5 Å². The Morgan fingerprint density at radius 1 is 0.692 bits per heavy atom. The highest BCUT2D eigenvalue weighted by molar-refractivity contribution is 5.76. The van der Waals surface area contributed by atoms with Gasteiger partial charge in [0.25, 0.3) is 5.79 Å². The molecule has 0 unspecified atom stereocenters. The van der Waals surface area contributed by atoms with Gasteiger partial charge in [0.05, 0.1) is 32.5 Å². The molecular formula is C28H46O24. The van der Waals surface area contributed by atoms with Gasteiger partial charge in [-0.1, -0.05) is 0 Å². The van der Waals surface area contributed by atoms with E-state index in [1.54, 1.807) is 0 Å². The molecular weight excluding hydrogens is 720 g/mol. The summed E-state index contributed by atoms with van der Waals surface area (Å²) in [6.45, 7) is -3.09. The first-order valence-corrected chi connectivity index (χ1v) is 16.0. The predicted molar refractivity (Wildman–Crippen MR) is 155 cm³/mol. The fraction of sp³-hybridized carbons (Fsp3) is 0.929. The minimum atomic E-state index is -3.05. The van der Waals surface area contributed by atoms with Crippen LogP contribution in [0, 0.1) is 0 Å². The Bertz CT molecular complexity index is 1180. The number of aliphatic carboxylic acids is 1. The fourth-order valence-corrected chi connectivity index (χ4v) is 6.32. The number of carboxylic acid groups (broad SMARTS) is 1. The Kier molecular flexibility index (Phi) is 14.6. The van der Waals surface area contributed by atoms with Crippen LogP contribution in [0.5, 0.6) is 0 Å². The van der Waals surface area contributed by atoms with Crippen molar-refractivity contribution in [3.8, 4) is 0 Å². The van der Waals surface area contributed by atoms with Gasteiger partial charge in [-0.3, -0.25) is 4.79 Å². The average molecular weight is 767 g/mol. The molecule has 0 amide bonds. The van der Waals surface area contributed by atoms with Crippen molar-refractivity contribution in [3.63, 3.8) is 0 Å². The predicted octanol–water partition coefficient (Wildman–Crippen LogP) is -9.33. The van der Waals surface area contributed by atoms with Crippen molar-refractivity contribution in [2.75, 3.05) is 26.4 Å². The van der Waals surface area contributed by atoms with Gasteiger partial charge in [0.2, 0.25) is 0 Å². The van der Waals surface area contributed by atoms with Crippen LogP contribution >= 0.6 is 0 Å². The van der Waals surface area contributed by atoms with Gasteiger partial charge in [-0.25, -0.2) is 4.79 Å². The molecule has 4 fully saturated rings. The lowest BCUT2D eigenvalue weighted by Crippen LogP contribution is -2.69. The lowest BCUT2D eigenvalue weighted by atomic mass is 9.91. The highest BCUT2D eigenvalue weighted by atomic mass is 16.8. The summed E-state index contributed by atoms with van der Waals surface area (Å²) < 4.78 is 43.4. The fourth-order valence-electron chi connectivity index (χ4n) is 6.32. The van der Waals surface area contributed by atoms with E-state index in [-0.39, 0.29) is 0 Å². The maximum absolute atomic E-state index is 12.6. The number of carbonyl (C=O) groups is 2. The van der Waals surface area contributed by atoms with Crippen LogP contribution in [0.4, 0.5) is 0 Å². The SMILES string of the molecule is CC(=O)O[C@H]1[C@H](O[C@@H]2[C@H](O)[C@@H](O)[C@@H](O[C@@H]3[C@@H](O)[C@H](O)O[C@H](CO)[C@@H]3O)O[C@@H]2CO)O[C@H](CO)[C@H](O)[C@@H]1O[C@@]1(C(=O)O)C[C@@H](O)[C@@H](O)[C@@H]([C@H](O)CO)O1. The van der Waals surface area contributed by atoms with Crippen molar-refractivity contribution < 1.29 is 119 Å². The zero-order valence-corrected chi connectivity index (χ0v) is 27.3. The van der Waals surface area contributed by atoms with E-state index in [1.807, 2.05) is 0 Å². The third-order valence-electron chi connectivity index (χ3n) is 9.10. The first-order chi connectivity index (χ1) is 24.4. The molecule has 4 aliphatic rings. The molecule has 20 atom stereocenters. The number of aliphatic hydroxyl groups excluding tert-OH is 13. The van der Waals surface area contributed by atoms with Gasteiger partial charge in [-0.2, -0.15) is 0 Å². The first kappa shape index (κ1) is 42.9. The third kappa shape index (κ3) is 8.66. The third-order valence-corrected chi connectivity index (χ3v) is 9.10. The number of rotatable bonds is 13. The summed E-state index contributed by atoms with van der Waals surface area (Å²) >= 11 is 0. The summed E-state index contributed by atoms with van der Waals surface area (Å²) in [5, 5.41) is 144. The Labute approximate surface area is 293 Å². The lowest BCUT2D eigenvalue weighted by molar-refractivity contribution is -0.394. The second kappa shape index (κ2) is 17.7. The summed E-state index contributed by atoms with van der Waals surface area (Å²) in [6.07, 6.45) is -37.8. The quantitative estimate of drug-likeness (QED) is 0.0774. The number of carbonyl (C=O) groups excluding carboxylic acids is 1. The molecule has 4 aliphatic heterocycles. The zero-order chi connectivity index (χ0) is 38.8. The molecule has 0 spiro atoms. The van der Waals surface area contributed by atoms with Gasteiger partial charge in [0.1, 0.15) is 85.5 Å². The molecule has 0 saturated carbocycles. The largest absolute Gasteiger partial charge is 0.477 e. The van der Waals surface area contributed by atoms with Crippen LogP contribution in [0.2, 0.25) is 0 Å². The van der Waals surface area contributed by atoms with E-state index in [9.17, 15) is 81.1 Å². The summed E-state index contributed by atoms with van der Waals surface area (Å²) in [7, 11) is 0. The molecule has 14 N–H and O–H groups in total. The monoisotopic (exact) mass is 766 g/mol. The van der Waals surface area contributed by atoms with Crippen LogP contribution in [0.3, 0.4) is 0 Å². The van der Waals surface area contributed by atoms with E-state index < -0.39 is 167 Å². The number of esters is 1. The Hall–Kier alpha value is -1.86. The topological polar surface area (TPSA) is 391 Å². The van der Waals surface area contributed by atoms with Crippen molar-refractivity contribution in [1.29, 1.82) is 0 Å². The van der Waals surface area contributed by atoms with Gasteiger partial charge in [0, 0.05) is 13.3 Å². The number of carboxylic acids is 1. The van der Waals surface area contributed by atoms with Crippen LogP contribution in [0.15, 0.2) is 0 Å². The van der Waals surface area contributed by atoms with E-state index in [0.29, 0.717) is 0 Å². The van der Waals surface area contributed by atoms with Gasteiger partial charge >= 0.3 is 11.9 Å². The van der Waals surface area contributed by atoms with Crippen molar-refractivity contribution >= 4 is 11.9 Å². The smallest absolute Gasteiger partial charge is 0.364 e. The molecule has 0 radical (unpaired) electrons. The van der Waals surface area contributed by atoms with Crippen LogP contribution < -0.4 is 0 Å². The molecule has 0 aromatic heterocycles. The van der Waals surface area contributed by atoms with Crippen LogP contribution in [-0.4, -0.2) is 232 Å². The maximum atomic E-state index is 12.6. The van der Waals surface area contributed by atoms with Gasteiger partial charge in [-0.15, -0.1) is 0 Å². The summed E-state index contributed by atoms with van der Waals surface area (Å²) in [6, 6.07) is 0. The Morgan fingerprint density at radius 2 is 1.25 bits per heavy atom. The Morgan fingerprint density at radius 3 is 1.81 bits per heavy atom. The standard InChI is InChI=1S/C28H46O24/c1-7(33)45-23-22(52-28(27(43)44)2-8(34)13(36)19(51-28)9(35)3-29)15(38)11(5-31)47-26(23)49-20-12(6-32)48-25(17(40)16(20)39)50-21-14(37)10(4-30)46-24(42)18(21)41/h8-26,29-32,34-42H,2-6H2,1H3,(H,43,44)/t8-,9-,10-,11-,12-,13-,14+,15+,16-,17-,18-,19-,20+,21+,22+,23-,24-,25-,26+,28-/m1/s1. The lowest BCUT2D eigenvalue weighted by Gasteiger charge is -2.50. The number of hydrogen-bond acceptors (Lipinski definition) is 23. The van der Waals surface area contributed by atoms with Crippen molar-refractivity contribution in [2.45, 2.75) is 136 Å². The van der Waals surface area contributed by atoms with E-state index in [4.69, 9.17) is 37.9 Å². The number of hydrogen-bond donors (Lipinski definition) is 14. The molecule has 302 valence electrons. The van der Waals surface area contributed by atoms with Crippen LogP contribution in [0.1, 0.15) is 13.3 Å². The average Bonchev–Trinajstić information content (AvgIpc) is 3.10. The Balaban J connectivity index is 1.62.